The zero-order chi connectivity index (χ0) is 22.8. The van der Waals surface area contributed by atoms with E-state index in [2.05, 4.69) is 94.3 Å². The largest absolute Gasteiger partial charge is 1.00 e. The standard InChI is InChI=1S/C19H19.C10H11NSi.2ClH.Zr/c1-13(2)17-11-16-5-4-6-18(19(16)12-17)15-9-7-14(3)8-10-15;1-6-9-7-4-11-5-8(7)10(6)12(9,2)3;;;/h4-13H,1-3H3;4-5H,1-3H3;2*1H;/q;;;;+2/p-2. The molecular formula is C29H30Cl2NSiZr. The zero-order valence-corrected chi connectivity index (χ0v) is 25.6. The van der Waals surface area contributed by atoms with Gasteiger partial charge in [0.1, 0.15) is 8.07 Å². The van der Waals surface area contributed by atoms with Crippen LogP contribution in [-0.4, -0.2) is 14.3 Å². The molecule has 0 N–H and O–H groups in total. The van der Waals surface area contributed by atoms with E-state index in [4.69, 9.17) is 0 Å². The minimum absolute atomic E-state index is 0. The van der Waals surface area contributed by atoms with Gasteiger partial charge in [0.05, 0.1) is 0 Å². The second kappa shape index (κ2) is 10.0. The van der Waals surface area contributed by atoms with Crippen LogP contribution in [0, 0.1) is 12.8 Å². The molecule has 1 nitrogen and oxygen atoms in total. The Kier molecular flexibility index (Phi) is 8.05. The predicted molar refractivity (Wildman–Crippen MR) is 136 cm³/mol. The molecule has 2 aromatic carbocycles. The van der Waals surface area contributed by atoms with Gasteiger partial charge in [-0.3, -0.25) is 4.99 Å². The van der Waals surface area contributed by atoms with Crippen molar-refractivity contribution in [1.29, 1.82) is 0 Å². The first-order valence-electron chi connectivity index (χ1n) is 11.5. The summed E-state index contributed by atoms with van der Waals surface area (Å²) in [6.07, 6.45) is 6.50. The molecule has 5 aliphatic rings. The number of benzene rings is 2. The molecule has 34 heavy (non-hydrogen) atoms. The second-order valence-electron chi connectivity index (χ2n) is 10.1. The van der Waals surface area contributed by atoms with Crippen molar-refractivity contribution < 1.29 is 49.5 Å². The van der Waals surface area contributed by atoms with E-state index in [1.807, 2.05) is 12.4 Å². The van der Waals surface area contributed by atoms with E-state index in [-0.39, 0.29) is 24.8 Å². The summed E-state index contributed by atoms with van der Waals surface area (Å²) in [5.41, 5.74) is 13.0. The predicted octanol–water partition coefficient (Wildman–Crippen LogP) is 1.69. The molecule has 1 atom stereocenters. The van der Waals surface area contributed by atoms with E-state index in [0.29, 0.717) is 9.54 Å². The van der Waals surface area contributed by atoms with Gasteiger partial charge in [0.2, 0.25) is 0 Å². The number of hydrogen-bond acceptors (Lipinski definition) is 1. The van der Waals surface area contributed by atoms with Crippen LogP contribution < -0.4 is 24.8 Å². The molecule has 0 fully saturated rings. The number of fused-ring (bicyclic) bond motifs is 1. The maximum absolute atomic E-state index is 4.19. The Balaban J connectivity index is 0.000000199. The van der Waals surface area contributed by atoms with E-state index in [0.717, 1.165) is 0 Å². The Morgan fingerprint density at radius 3 is 2.21 bits per heavy atom. The van der Waals surface area contributed by atoms with Crippen LogP contribution in [0.1, 0.15) is 41.1 Å². The van der Waals surface area contributed by atoms with Gasteiger partial charge in [0.15, 0.2) is 0 Å². The summed E-state index contributed by atoms with van der Waals surface area (Å²) in [4.78, 5) is 4.19. The minimum atomic E-state index is -1.11. The first kappa shape index (κ1) is 27.3. The Labute approximate surface area is 232 Å². The molecule has 5 heteroatoms. The van der Waals surface area contributed by atoms with Gasteiger partial charge in [-0.25, -0.2) is 0 Å². The van der Waals surface area contributed by atoms with Crippen molar-refractivity contribution in [3.05, 3.63) is 98.0 Å². The minimum Gasteiger partial charge on any atom is -1.00 e. The average Bonchev–Trinajstić information content (AvgIpc) is 3.45. The van der Waals surface area contributed by atoms with Crippen LogP contribution >= 0.6 is 0 Å². The van der Waals surface area contributed by atoms with Gasteiger partial charge >= 0.3 is 137 Å². The summed E-state index contributed by atoms with van der Waals surface area (Å²) in [6, 6.07) is 15.7. The van der Waals surface area contributed by atoms with Gasteiger partial charge in [-0.15, -0.1) is 0 Å². The molecule has 2 aliphatic carbocycles. The number of halogens is 2. The van der Waals surface area contributed by atoms with Crippen molar-refractivity contribution in [1.82, 2.24) is 0 Å². The summed E-state index contributed by atoms with van der Waals surface area (Å²) in [5, 5.41) is 3.31. The molecule has 1 unspecified atom stereocenters. The molecule has 2 bridgehead atoms. The van der Waals surface area contributed by atoms with Gasteiger partial charge in [0.25, 0.3) is 0 Å². The van der Waals surface area contributed by atoms with Crippen molar-refractivity contribution in [2.45, 2.75) is 44.4 Å². The molecule has 3 heterocycles. The Bertz CT molecular complexity index is 1290. The summed E-state index contributed by atoms with van der Waals surface area (Å²) in [7, 11) is -1.11. The third-order valence-corrected chi connectivity index (χ3v) is 12.7. The molecule has 0 saturated heterocycles. The molecule has 0 radical (unpaired) electrons. The van der Waals surface area contributed by atoms with Gasteiger partial charge in [-0.1, -0.05) is 18.7 Å². The van der Waals surface area contributed by atoms with Crippen molar-refractivity contribution in [3.63, 3.8) is 0 Å². The average molecular weight is 583 g/mol. The van der Waals surface area contributed by atoms with E-state index in [1.54, 1.807) is 46.3 Å². The SMILES string of the molecule is CC1=C2C3=CN=CC3=C1[Si]2(C)C.Cc1ccc(-c2cccc3c2C=C(C(C)C)[CH]3[Zr+2])cc1.[Cl-].[Cl-]. The van der Waals surface area contributed by atoms with Gasteiger partial charge in [-0.05, 0) is 17.3 Å². The molecule has 3 aliphatic heterocycles. The van der Waals surface area contributed by atoms with Crippen LogP contribution in [0.25, 0.3) is 17.2 Å². The molecule has 173 valence electrons. The van der Waals surface area contributed by atoms with Crippen molar-refractivity contribution in [2.24, 2.45) is 10.9 Å². The Morgan fingerprint density at radius 1 is 0.941 bits per heavy atom. The normalized spacial score (nSPS) is 20.0. The Morgan fingerprint density at radius 2 is 1.62 bits per heavy atom. The van der Waals surface area contributed by atoms with Crippen LogP contribution in [0.3, 0.4) is 0 Å². The Hall–Kier alpha value is -1.25. The van der Waals surface area contributed by atoms with Crippen molar-refractivity contribution in [3.8, 4) is 11.1 Å². The maximum Gasteiger partial charge on any atom is -1.00 e. The zero-order valence-electron chi connectivity index (χ0n) is 20.6. The van der Waals surface area contributed by atoms with Crippen molar-refractivity contribution >= 4 is 20.4 Å². The molecular weight excluding hydrogens is 553 g/mol. The second-order valence-corrected chi connectivity index (χ2v) is 15.8. The smallest absolute Gasteiger partial charge is 1.00 e. The number of aryl methyl sites for hydroxylation is 1. The fourth-order valence-electron chi connectivity index (χ4n) is 5.84. The summed E-state index contributed by atoms with van der Waals surface area (Å²) in [6.45, 7) is 13.9. The number of allylic oxidation sites excluding steroid dienone is 6. The third-order valence-electron chi connectivity index (χ3n) is 7.36. The van der Waals surface area contributed by atoms with Gasteiger partial charge < -0.3 is 24.8 Å². The van der Waals surface area contributed by atoms with E-state index in [9.17, 15) is 0 Å². The van der Waals surface area contributed by atoms with Crippen LogP contribution in [0.15, 0.2) is 86.3 Å². The van der Waals surface area contributed by atoms with Crippen molar-refractivity contribution in [2.75, 3.05) is 0 Å². The van der Waals surface area contributed by atoms with Crippen LogP contribution in [0.2, 0.25) is 13.1 Å². The molecule has 0 saturated carbocycles. The number of aliphatic imine (C=N–C) groups is 1. The number of rotatable bonds is 2. The van der Waals surface area contributed by atoms with E-state index < -0.39 is 8.07 Å². The third kappa shape index (κ3) is 4.17. The van der Waals surface area contributed by atoms with Gasteiger partial charge in [0, 0.05) is 23.6 Å². The fourth-order valence-corrected chi connectivity index (χ4v) is 11.4. The number of hydrogen-bond donors (Lipinski definition) is 0. The molecule has 2 aromatic rings. The van der Waals surface area contributed by atoms with Gasteiger partial charge in [-0.2, -0.15) is 0 Å². The van der Waals surface area contributed by atoms with Crippen LogP contribution in [-0.2, 0) is 24.7 Å². The number of nitrogens with zero attached hydrogens (tertiary/aromatic N) is 1. The maximum atomic E-state index is 4.19. The first-order valence-corrected chi connectivity index (χ1v) is 16.0. The molecule has 0 amide bonds. The monoisotopic (exact) mass is 580 g/mol. The van der Waals surface area contributed by atoms with Crippen LogP contribution in [0.5, 0.6) is 0 Å². The van der Waals surface area contributed by atoms with Crippen LogP contribution in [0.4, 0.5) is 0 Å². The fraction of sp³-hybridized carbons (Fsp3) is 0.276. The summed E-state index contributed by atoms with van der Waals surface area (Å²) in [5.74, 6) is 0.637. The molecule has 7 rings (SSSR count). The summed E-state index contributed by atoms with van der Waals surface area (Å²) >= 11 is 1.60. The molecule has 0 spiro atoms. The molecule has 0 aromatic heterocycles. The quantitative estimate of drug-likeness (QED) is 0.479. The topological polar surface area (TPSA) is 12.4 Å². The van der Waals surface area contributed by atoms with E-state index >= 15 is 0 Å². The first-order chi connectivity index (χ1) is 15.2. The summed E-state index contributed by atoms with van der Waals surface area (Å²) < 4.78 is 0.641. The van der Waals surface area contributed by atoms with E-state index in [1.165, 1.54) is 39.0 Å².